The Labute approximate surface area is 163 Å². The van der Waals surface area contributed by atoms with Gasteiger partial charge in [-0.25, -0.2) is 0 Å². The summed E-state index contributed by atoms with van der Waals surface area (Å²) in [7, 11) is 0. The molecule has 1 heterocycles. The first-order valence-electron chi connectivity index (χ1n) is 9.63. The number of nitrogens with one attached hydrogen (secondary N) is 1. The molecule has 0 saturated carbocycles. The van der Waals surface area contributed by atoms with Crippen molar-refractivity contribution in [1.82, 2.24) is 5.32 Å². The fraction of sp³-hybridized carbons (Fsp3) is 0.900. The van der Waals surface area contributed by atoms with E-state index in [9.17, 15) is 15.3 Å². The SMILES string of the molecule is C=CCOCC(O)CNC1C(O)C(OC(C)(C)C)C(CO)OC1C(C)(C)C. The van der Waals surface area contributed by atoms with Crippen LogP contribution in [0.3, 0.4) is 0 Å². The predicted octanol–water partition coefficient (Wildman–Crippen LogP) is 0.859. The van der Waals surface area contributed by atoms with E-state index in [1.54, 1.807) is 6.08 Å². The smallest absolute Gasteiger partial charge is 0.114 e. The molecule has 1 fully saturated rings. The molecule has 1 rings (SSSR count). The summed E-state index contributed by atoms with van der Waals surface area (Å²) < 4.78 is 17.4. The Kier molecular flexibility index (Phi) is 9.34. The summed E-state index contributed by atoms with van der Waals surface area (Å²) in [4.78, 5) is 0. The van der Waals surface area contributed by atoms with E-state index in [2.05, 4.69) is 11.9 Å². The van der Waals surface area contributed by atoms with Crippen LogP contribution < -0.4 is 5.32 Å². The van der Waals surface area contributed by atoms with E-state index in [0.29, 0.717) is 6.61 Å². The number of rotatable bonds is 9. The van der Waals surface area contributed by atoms with Gasteiger partial charge in [-0.2, -0.15) is 0 Å². The average Bonchev–Trinajstić information content (AvgIpc) is 2.53. The molecule has 6 atom stereocenters. The van der Waals surface area contributed by atoms with Crippen molar-refractivity contribution in [1.29, 1.82) is 0 Å². The van der Waals surface area contributed by atoms with Gasteiger partial charge in [0.25, 0.3) is 0 Å². The van der Waals surface area contributed by atoms with Crippen LogP contribution in [-0.4, -0.2) is 83.8 Å². The molecule has 7 heteroatoms. The largest absolute Gasteiger partial charge is 0.394 e. The molecule has 4 N–H and O–H groups in total. The Morgan fingerprint density at radius 2 is 1.85 bits per heavy atom. The van der Waals surface area contributed by atoms with E-state index in [1.807, 2.05) is 41.5 Å². The van der Waals surface area contributed by atoms with Gasteiger partial charge in [0.05, 0.1) is 43.7 Å². The third kappa shape index (κ3) is 7.77. The molecule has 0 bridgehead atoms. The molecule has 0 amide bonds. The van der Waals surface area contributed by atoms with Gasteiger partial charge in [0.2, 0.25) is 0 Å². The van der Waals surface area contributed by atoms with Gasteiger partial charge in [0, 0.05) is 6.54 Å². The van der Waals surface area contributed by atoms with Crippen molar-refractivity contribution in [3.63, 3.8) is 0 Å². The standard InChI is InChI=1S/C20H39NO6/c1-8-9-25-12-13(23)10-21-15-16(24)17(27-20(5,6)7)14(11-22)26-18(15)19(2,3)4/h8,13-18,21-24H,1,9-12H2,2-7H3. The first-order chi connectivity index (χ1) is 12.4. The second kappa shape index (κ2) is 10.3. The summed E-state index contributed by atoms with van der Waals surface area (Å²) in [6.07, 6.45) is -1.68. The molecule has 0 aromatic rings. The summed E-state index contributed by atoms with van der Waals surface area (Å²) in [5.41, 5.74) is -0.789. The van der Waals surface area contributed by atoms with Crippen LogP contribution in [0.15, 0.2) is 12.7 Å². The molecule has 0 aromatic carbocycles. The lowest BCUT2D eigenvalue weighted by atomic mass is 9.78. The highest BCUT2D eigenvalue weighted by Gasteiger charge is 2.50. The molecule has 0 aliphatic carbocycles. The zero-order chi connectivity index (χ0) is 20.8. The zero-order valence-corrected chi connectivity index (χ0v) is 17.6. The van der Waals surface area contributed by atoms with Gasteiger partial charge in [0.15, 0.2) is 0 Å². The van der Waals surface area contributed by atoms with Crippen LogP contribution in [0.2, 0.25) is 0 Å². The predicted molar refractivity (Wildman–Crippen MR) is 105 cm³/mol. The molecule has 1 saturated heterocycles. The van der Waals surface area contributed by atoms with E-state index < -0.39 is 36.1 Å². The molecular weight excluding hydrogens is 350 g/mol. The topological polar surface area (TPSA) is 100 Å². The fourth-order valence-corrected chi connectivity index (χ4v) is 3.24. The van der Waals surface area contributed by atoms with E-state index in [4.69, 9.17) is 14.2 Å². The van der Waals surface area contributed by atoms with Gasteiger partial charge in [-0.15, -0.1) is 6.58 Å². The quantitative estimate of drug-likeness (QED) is 0.343. The molecular formula is C20H39NO6. The van der Waals surface area contributed by atoms with E-state index in [1.165, 1.54) is 0 Å². The highest BCUT2D eigenvalue weighted by molar-refractivity contribution is 5.01. The van der Waals surface area contributed by atoms with E-state index in [0.717, 1.165) is 0 Å². The van der Waals surface area contributed by atoms with Gasteiger partial charge in [-0.05, 0) is 26.2 Å². The summed E-state index contributed by atoms with van der Waals surface area (Å²) in [6.45, 7) is 15.8. The Morgan fingerprint density at radius 1 is 1.22 bits per heavy atom. The summed E-state index contributed by atoms with van der Waals surface area (Å²) >= 11 is 0. The number of hydrogen-bond acceptors (Lipinski definition) is 7. The molecule has 0 aromatic heterocycles. The average molecular weight is 390 g/mol. The van der Waals surface area contributed by atoms with Crippen LogP contribution in [0.4, 0.5) is 0 Å². The van der Waals surface area contributed by atoms with E-state index >= 15 is 0 Å². The highest BCUT2D eigenvalue weighted by atomic mass is 16.6. The van der Waals surface area contributed by atoms with Crippen molar-refractivity contribution in [2.45, 2.75) is 83.7 Å². The third-order valence-electron chi connectivity index (χ3n) is 4.38. The van der Waals surface area contributed by atoms with Crippen LogP contribution >= 0.6 is 0 Å². The second-order valence-electron chi connectivity index (χ2n) is 9.24. The second-order valence-corrected chi connectivity index (χ2v) is 9.24. The van der Waals surface area contributed by atoms with Crippen molar-refractivity contribution >= 4 is 0 Å². The maximum atomic E-state index is 11.0. The summed E-state index contributed by atoms with van der Waals surface area (Å²) in [5, 5.41) is 34.2. The molecule has 1 aliphatic rings. The lowest BCUT2D eigenvalue weighted by Crippen LogP contribution is -2.67. The molecule has 1 aliphatic heterocycles. The van der Waals surface area contributed by atoms with Crippen LogP contribution in [0.25, 0.3) is 0 Å². The van der Waals surface area contributed by atoms with Gasteiger partial charge in [0.1, 0.15) is 18.3 Å². The van der Waals surface area contributed by atoms with Crippen LogP contribution in [-0.2, 0) is 14.2 Å². The summed E-state index contributed by atoms with van der Waals surface area (Å²) in [6, 6.07) is -0.464. The Bertz CT molecular complexity index is 445. The normalized spacial score (nSPS) is 30.9. The molecule has 27 heavy (non-hydrogen) atoms. The van der Waals surface area contributed by atoms with Gasteiger partial charge in [-0.3, -0.25) is 0 Å². The Hall–Kier alpha value is -0.540. The molecule has 6 unspecified atom stereocenters. The monoisotopic (exact) mass is 389 g/mol. The van der Waals surface area contributed by atoms with Crippen LogP contribution in [0.5, 0.6) is 0 Å². The van der Waals surface area contributed by atoms with Crippen LogP contribution in [0.1, 0.15) is 41.5 Å². The minimum atomic E-state index is -0.902. The first kappa shape index (κ1) is 24.5. The first-order valence-corrected chi connectivity index (χ1v) is 9.63. The Balaban J connectivity index is 2.91. The molecule has 0 radical (unpaired) electrons. The molecule has 0 spiro atoms. The molecule has 160 valence electrons. The third-order valence-corrected chi connectivity index (χ3v) is 4.38. The van der Waals surface area contributed by atoms with Gasteiger partial charge >= 0.3 is 0 Å². The fourth-order valence-electron chi connectivity index (χ4n) is 3.24. The number of aliphatic hydroxyl groups is 3. The van der Waals surface area contributed by atoms with Crippen molar-refractivity contribution in [3.8, 4) is 0 Å². The van der Waals surface area contributed by atoms with Gasteiger partial charge < -0.3 is 34.8 Å². The minimum absolute atomic E-state index is 0.171. The minimum Gasteiger partial charge on any atom is -0.394 e. The number of hydrogen-bond donors (Lipinski definition) is 4. The molecule has 7 nitrogen and oxygen atoms in total. The van der Waals surface area contributed by atoms with Crippen molar-refractivity contribution in [2.75, 3.05) is 26.4 Å². The number of aliphatic hydroxyl groups excluding tert-OH is 3. The van der Waals surface area contributed by atoms with Crippen LogP contribution in [0, 0.1) is 5.41 Å². The summed E-state index contributed by atoms with van der Waals surface area (Å²) in [5.74, 6) is 0. The maximum absolute atomic E-state index is 11.0. The van der Waals surface area contributed by atoms with Gasteiger partial charge in [-0.1, -0.05) is 26.8 Å². The zero-order valence-electron chi connectivity index (χ0n) is 17.6. The highest BCUT2D eigenvalue weighted by Crippen LogP contribution is 2.35. The van der Waals surface area contributed by atoms with E-state index in [-0.39, 0.29) is 31.3 Å². The number of ether oxygens (including phenoxy) is 3. The maximum Gasteiger partial charge on any atom is 0.114 e. The van der Waals surface area contributed by atoms with Crippen molar-refractivity contribution in [2.24, 2.45) is 5.41 Å². The lowest BCUT2D eigenvalue weighted by molar-refractivity contribution is -0.251. The Morgan fingerprint density at radius 3 is 2.33 bits per heavy atom. The lowest BCUT2D eigenvalue weighted by Gasteiger charge is -2.50. The van der Waals surface area contributed by atoms with Crippen molar-refractivity contribution in [3.05, 3.63) is 12.7 Å². The van der Waals surface area contributed by atoms with Crippen molar-refractivity contribution < 1.29 is 29.5 Å².